The van der Waals surface area contributed by atoms with Gasteiger partial charge in [0, 0.05) is 29.9 Å². The molecule has 0 fully saturated rings. The van der Waals surface area contributed by atoms with Crippen molar-refractivity contribution in [1.29, 1.82) is 0 Å². The maximum Gasteiger partial charge on any atom is 0.258 e. The molecule has 4 heteroatoms. The van der Waals surface area contributed by atoms with E-state index in [0.717, 1.165) is 24.1 Å². The van der Waals surface area contributed by atoms with Gasteiger partial charge in [0.25, 0.3) is 11.8 Å². The monoisotopic (exact) mass is 338 g/mol. The van der Waals surface area contributed by atoms with Crippen molar-refractivity contribution in [2.45, 2.75) is 33.6 Å². The Bertz CT molecular complexity index is 723. The highest BCUT2D eigenvalue weighted by Gasteiger charge is 2.16. The van der Waals surface area contributed by atoms with Crippen LogP contribution in [-0.4, -0.2) is 24.9 Å². The van der Waals surface area contributed by atoms with Gasteiger partial charge in [-0.15, -0.1) is 0 Å². The van der Waals surface area contributed by atoms with E-state index in [9.17, 15) is 9.59 Å². The van der Waals surface area contributed by atoms with Crippen LogP contribution >= 0.6 is 0 Å². The lowest BCUT2D eigenvalue weighted by Crippen LogP contribution is -2.30. The van der Waals surface area contributed by atoms with E-state index in [1.807, 2.05) is 38.1 Å². The van der Waals surface area contributed by atoms with Gasteiger partial charge in [-0.2, -0.15) is 0 Å². The summed E-state index contributed by atoms with van der Waals surface area (Å²) in [4.78, 5) is 26.6. The highest BCUT2D eigenvalue weighted by Crippen LogP contribution is 2.19. The first-order chi connectivity index (χ1) is 12.1. The minimum atomic E-state index is -0.0986. The maximum atomic E-state index is 12.8. The van der Waals surface area contributed by atoms with Crippen LogP contribution < -0.4 is 10.2 Å². The number of nitrogens with one attached hydrogen (secondary N) is 1. The molecular formula is C21H26N2O2. The fourth-order valence-electron chi connectivity index (χ4n) is 2.64. The number of hydrogen-bond acceptors (Lipinski definition) is 2. The lowest BCUT2D eigenvalue weighted by Gasteiger charge is -2.21. The van der Waals surface area contributed by atoms with Crippen molar-refractivity contribution in [3.8, 4) is 0 Å². The molecule has 0 heterocycles. The van der Waals surface area contributed by atoms with Crippen LogP contribution in [0.2, 0.25) is 0 Å². The number of hydrogen-bond donors (Lipinski definition) is 1. The molecule has 1 N–H and O–H groups in total. The number of carbonyl (C=O) groups excluding carboxylic acids is 2. The number of anilines is 1. The molecule has 0 saturated carbocycles. The van der Waals surface area contributed by atoms with Crippen molar-refractivity contribution in [3.63, 3.8) is 0 Å². The zero-order valence-electron chi connectivity index (χ0n) is 15.2. The van der Waals surface area contributed by atoms with E-state index in [2.05, 4.69) is 12.2 Å². The topological polar surface area (TPSA) is 49.4 Å². The Morgan fingerprint density at radius 2 is 1.68 bits per heavy atom. The average molecular weight is 338 g/mol. The van der Waals surface area contributed by atoms with Gasteiger partial charge < -0.3 is 10.2 Å². The summed E-state index contributed by atoms with van der Waals surface area (Å²) in [5.74, 6) is -0.162. The number of aryl methyl sites for hydroxylation is 1. The van der Waals surface area contributed by atoms with Gasteiger partial charge in [0.05, 0.1) is 0 Å². The highest BCUT2D eigenvalue weighted by atomic mass is 16.2. The van der Waals surface area contributed by atoms with Crippen LogP contribution in [0.4, 0.5) is 5.69 Å². The van der Waals surface area contributed by atoms with E-state index in [4.69, 9.17) is 0 Å². The van der Waals surface area contributed by atoms with Gasteiger partial charge in [-0.05, 0) is 62.2 Å². The zero-order valence-corrected chi connectivity index (χ0v) is 15.2. The minimum Gasteiger partial charge on any atom is -0.352 e. The quantitative estimate of drug-likeness (QED) is 0.770. The molecule has 2 aromatic rings. The van der Waals surface area contributed by atoms with Crippen molar-refractivity contribution in [1.82, 2.24) is 5.32 Å². The molecule has 0 bridgehead atoms. The SMILES string of the molecule is CCCCNC(=O)c1ccc(C(=O)N(CC)c2cccc(C)c2)cc1. The van der Waals surface area contributed by atoms with Gasteiger partial charge in [0.1, 0.15) is 0 Å². The third-order valence-electron chi connectivity index (χ3n) is 4.08. The Labute approximate surface area is 149 Å². The molecular weight excluding hydrogens is 312 g/mol. The fourth-order valence-corrected chi connectivity index (χ4v) is 2.64. The van der Waals surface area contributed by atoms with Gasteiger partial charge in [0.15, 0.2) is 0 Å². The zero-order chi connectivity index (χ0) is 18.2. The van der Waals surface area contributed by atoms with Crippen molar-refractivity contribution in [2.24, 2.45) is 0 Å². The number of unbranched alkanes of at least 4 members (excludes halogenated alkanes) is 1. The Hall–Kier alpha value is -2.62. The number of carbonyl (C=O) groups is 2. The largest absolute Gasteiger partial charge is 0.352 e. The lowest BCUT2D eigenvalue weighted by molar-refractivity contribution is 0.0949. The molecule has 132 valence electrons. The predicted octanol–water partition coefficient (Wildman–Crippen LogP) is 4.19. The van der Waals surface area contributed by atoms with E-state index < -0.39 is 0 Å². The summed E-state index contributed by atoms with van der Waals surface area (Å²) in [7, 11) is 0. The molecule has 0 aliphatic rings. The molecule has 0 radical (unpaired) electrons. The molecule has 0 aliphatic heterocycles. The fraction of sp³-hybridized carbons (Fsp3) is 0.333. The second-order valence-electron chi connectivity index (χ2n) is 6.08. The van der Waals surface area contributed by atoms with Crippen LogP contribution in [0.3, 0.4) is 0 Å². The number of nitrogens with zero attached hydrogens (tertiary/aromatic N) is 1. The molecule has 0 spiro atoms. The first-order valence-corrected chi connectivity index (χ1v) is 8.83. The summed E-state index contributed by atoms with van der Waals surface area (Å²) in [6.45, 7) is 7.30. The van der Waals surface area contributed by atoms with Crippen molar-refractivity contribution in [2.75, 3.05) is 18.0 Å². The third kappa shape index (κ3) is 4.92. The summed E-state index contributed by atoms with van der Waals surface area (Å²) < 4.78 is 0. The van der Waals surface area contributed by atoms with Crippen LogP contribution in [0.25, 0.3) is 0 Å². The summed E-state index contributed by atoms with van der Waals surface area (Å²) in [5, 5.41) is 2.88. The lowest BCUT2D eigenvalue weighted by atomic mass is 10.1. The second kappa shape index (κ2) is 9.02. The average Bonchev–Trinajstić information content (AvgIpc) is 2.62. The first-order valence-electron chi connectivity index (χ1n) is 8.83. The molecule has 0 aliphatic carbocycles. The standard InChI is InChI=1S/C21H26N2O2/c1-4-6-14-22-20(24)17-10-12-18(13-11-17)21(25)23(5-2)19-9-7-8-16(3)15-19/h7-13,15H,4-6,14H2,1-3H3,(H,22,24). The molecule has 4 nitrogen and oxygen atoms in total. The summed E-state index contributed by atoms with van der Waals surface area (Å²) in [6, 6.07) is 14.7. The van der Waals surface area contributed by atoms with Crippen LogP contribution in [0.15, 0.2) is 48.5 Å². The Balaban J connectivity index is 2.12. The number of amides is 2. The Morgan fingerprint density at radius 1 is 1.00 bits per heavy atom. The van der Waals surface area contributed by atoms with Gasteiger partial charge in [-0.1, -0.05) is 25.5 Å². The van der Waals surface area contributed by atoms with E-state index >= 15 is 0 Å². The van der Waals surface area contributed by atoms with Crippen molar-refractivity contribution < 1.29 is 9.59 Å². The molecule has 0 unspecified atom stereocenters. The van der Waals surface area contributed by atoms with Gasteiger partial charge in [0.2, 0.25) is 0 Å². The van der Waals surface area contributed by atoms with Crippen LogP contribution in [0, 0.1) is 6.92 Å². The van der Waals surface area contributed by atoms with E-state index in [1.165, 1.54) is 0 Å². The van der Waals surface area contributed by atoms with Gasteiger partial charge in [-0.3, -0.25) is 9.59 Å². The highest BCUT2D eigenvalue weighted by molar-refractivity contribution is 6.06. The molecule has 0 aromatic heterocycles. The molecule has 0 atom stereocenters. The first kappa shape index (κ1) is 18.7. The second-order valence-corrected chi connectivity index (χ2v) is 6.08. The summed E-state index contributed by atoms with van der Waals surface area (Å²) >= 11 is 0. The molecule has 2 aromatic carbocycles. The van der Waals surface area contributed by atoms with Gasteiger partial charge >= 0.3 is 0 Å². The van der Waals surface area contributed by atoms with Crippen molar-refractivity contribution >= 4 is 17.5 Å². The minimum absolute atomic E-state index is 0.0639. The molecule has 2 rings (SSSR count). The third-order valence-corrected chi connectivity index (χ3v) is 4.08. The van der Waals surface area contributed by atoms with E-state index in [1.54, 1.807) is 29.2 Å². The van der Waals surface area contributed by atoms with Crippen LogP contribution in [-0.2, 0) is 0 Å². The van der Waals surface area contributed by atoms with E-state index in [-0.39, 0.29) is 11.8 Å². The van der Waals surface area contributed by atoms with Gasteiger partial charge in [-0.25, -0.2) is 0 Å². The summed E-state index contributed by atoms with van der Waals surface area (Å²) in [5.41, 5.74) is 3.15. The number of rotatable bonds is 7. The maximum absolute atomic E-state index is 12.8. The Morgan fingerprint density at radius 3 is 2.28 bits per heavy atom. The molecule has 25 heavy (non-hydrogen) atoms. The normalized spacial score (nSPS) is 10.4. The smallest absolute Gasteiger partial charge is 0.258 e. The van der Waals surface area contributed by atoms with Crippen LogP contribution in [0.1, 0.15) is 53.0 Å². The summed E-state index contributed by atoms with van der Waals surface area (Å²) in [6.07, 6.45) is 2.00. The Kier molecular flexibility index (Phi) is 6.75. The van der Waals surface area contributed by atoms with Crippen molar-refractivity contribution in [3.05, 3.63) is 65.2 Å². The predicted molar refractivity (Wildman–Crippen MR) is 102 cm³/mol. The molecule has 0 saturated heterocycles. The molecule has 2 amide bonds. The number of benzene rings is 2. The van der Waals surface area contributed by atoms with Crippen LogP contribution in [0.5, 0.6) is 0 Å². The van der Waals surface area contributed by atoms with E-state index in [0.29, 0.717) is 24.2 Å².